The monoisotopic (exact) mass is 256 g/mol. The highest BCUT2D eigenvalue weighted by Gasteiger charge is 2.24. The summed E-state index contributed by atoms with van der Waals surface area (Å²) in [5.41, 5.74) is 5.57. The molecule has 6 heteroatoms. The molecule has 1 fully saturated rings. The smallest absolute Gasteiger partial charge is 0.247 e. The Kier molecular flexibility index (Phi) is 3.57. The standard InChI is InChI=1S/C11H17ClN4O/c1-8(16-7-9(12)10(13)14-16)11(17)15-5-3-2-4-6-15/h7-8H,2-6H2,1H3,(H2,13,14). The van der Waals surface area contributed by atoms with Crippen molar-refractivity contribution in [3.63, 3.8) is 0 Å². The molecule has 0 aliphatic carbocycles. The minimum Gasteiger partial charge on any atom is -0.381 e. The molecular weight excluding hydrogens is 240 g/mol. The number of nitrogen functional groups attached to an aromatic ring is 1. The van der Waals surface area contributed by atoms with E-state index in [0.29, 0.717) is 5.02 Å². The van der Waals surface area contributed by atoms with Crippen LogP contribution in [0, 0.1) is 0 Å². The number of halogens is 1. The number of amides is 1. The van der Waals surface area contributed by atoms with Gasteiger partial charge in [-0.1, -0.05) is 11.6 Å². The summed E-state index contributed by atoms with van der Waals surface area (Å²) in [6.45, 7) is 3.50. The van der Waals surface area contributed by atoms with Crippen molar-refractivity contribution in [2.45, 2.75) is 32.2 Å². The number of nitrogens with zero attached hydrogens (tertiary/aromatic N) is 3. The van der Waals surface area contributed by atoms with Crippen molar-refractivity contribution in [1.82, 2.24) is 14.7 Å². The number of aromatic nitrogens is 2. The number of piperidine rings is 1. The highest BCUT2D eigenvalue weighted by Crippen LogP contribution is 2.20. The maximum atomic E-state index is 12.2. The average molecular weight is 257 g/mol. The Morgan fingerprint density at radius 1 is 1.47 bits per heavy atom. The highest BCUT2D eigenvalue weighted by molar-refractivity contribution is 6.32. The van der Waals surface area contributed by atoms with Gasteiger partial charge in [0.05, 0.1) is 0 Å². The van der Waals surface area contributed by atoms with Crippen LogP contribution in [0.25, 0.3) is 0 Å². The predicted octanol–water partition coefficient (Wildman–Crippen LogP) is 1.69. The fourth-order valence-corrected chi connectivity index (χ4v) is 2.21. The molecule has 0 saturated carbocycles. The Labute approximate surface area is 106 Å². The number of hydrogen-bond donors (Lipinski definition) is 1. The molecule has 0 aromatic carbocycles. The molecule has 0 radical (unpaired) electrons. The number of carbonyl (C=O) groups is 1. The Balaban J connectivity index is 2.08. The van der Waals surface area contributed by atoms with Gasteiger partial charge in [0, 0.05) is 19.3 Å². The molecule has 94 valence electrons. The lowest BCUT2D eigenvalue weighted by atomic mass is 10.1. The first-order valence-electron chi connectivity index (χ1n) is 5.88. The molecular formula is C11H17ClN4O. The molecule has 1 aliphatic heterocycles. The van der Waals surface area contributed by atoms with Crippen LogP contribution in [0.1, 0.15) is 32.2 Å². The summed E-state index contributed by atoms with van der Waals surface area (Å²) in [5, 5.41) is 4.43. The summed E-state index contributed by atoms with van der Waals surface area (Å²) >= 11 is 5.83. The molecule has 1 unspecified atom stereocenters. The summed E-state index contributed by atoms with van der Waals surface area (Å²) in [7, 11) is 0. The van der Waals surface area contributed by atoms with Crippen molar-refractivity contribution in [2.24, 2.45) is 0 Å². The molecule has 17 heavy (non-hydrogen) atoms. The third-order valence-corrected chi connectivity index (χ3v) is 3.43. The van der Waals surface area contributed by atoms with Crippen molar-refractivity contribution in [3.05, 3.63) is 11.2 Å². The van der Waals surface area contributed by atoms with Gasteiger partial charge in [-0.15, -0.1) is 0 Å². The van der Waals surface area contributed by atoms with Gasteiger partial charge in [0.15, 0.2) is 5.82 Å². The van der Waals surface area contributed by atoms with Gasteiger partial charge in [-0.25, -0.2) is 0 Å². The van der Waals surface area contributed by atoms with Crippen molar-refractivity contribution in [1.29, 1.82) is 0 Å². The molecule has 1 saturated heterocycles. The topological polar surface area (TPSA) is 64.2 Å². The first-order chi connectivity index (χ1) is 8.09. The highest BCUT2D eigenvalue weighted by atomic mass is 35.5. The fraction of sp³-hybridized carbons (Fsp3) is 0.636. The second kappa shape index (κ2) is 4.96. The Bertz CT molecular complexity index is 392. The van der Waals surface area contributed by atoms with Gasteiger partial charge in [0.25, 0.3) is 0 Å². The van der Waals surface area contributed by atoms with Gasteiger partial charge in [0.1, 0.15) is 11.1 Å². The van der Waals surface area contributed by atoms with Gasteiger partial charge < -0.3 is 10.6 Å². The molecule has 2 rings (SSSR count). The van der Waals surface area contributed by atoms with Crippen LogP contribution in [-0.4, -0.2) is 33.7 Å². The van der Waals surface area contributed by atoms with Crippen LogP contribution in [0.5, 0.6) is 0 Å². The molecule has 1 amide bonds. The van der Waals surface area contributed by atoms with Crippen LogP contribution in [0.3, 0.4) is 0 Å². The molecule has 1 atom stereocenters. The zero-order chi connectivity index (χ0) is 12.4. The fourth-order valence-electron chi connectivity index (χ4n) is 2.07. The minimum atomic E-state index is -0.345. The lowest BCUT2D eigenvalue weighted by Crippen LogP contribution is -2.39. The number of hydrogen-bond acceptors (Lipinski definition) is 3. The van der Waals surface area contributed by atoms with E-state index in [1.807, 2.05) is 11.8 Å². The second-order valence-corrected chi connectivity index (χ2v) is 4.81. The van der Waals surface area contributed by atoms with E-state index in [1.165, 1.54) is 11.1 Å². The number of anilines is 1. The lowest BCUT2D eigenvalue weighted by molar-refractivity contribution is -0.135. The number of nitrogens with two attached hydrogens (primary N) is 1. The van der Waals surface area contributed by atoms with E-state index in [9.17, 15) is 4.79 Å². The Morgan fingerprint density at radius 3 is 2.65 bits per heavy atom. The molecule has 0 spiro atoms. The maximum absolute atomic E-state index is 12.2. The molecule has 2 N–H and O–H groups in total. The van der Waals surface area contributed by atoms with Crippen LogP contribution in [-0.2, 0) is 4.79 Å². The molecule has 1 aromatic rings. The van der Waals surface area contributed by atoms with E-state index in [-0.39, 0.29) is 17.8 Å². The first kappa shape index (κ1) is 12.2. The number of rotatable bonds is 2. The van der Waals surface area contributed by atoms with Gasteiger partial charge in [0.2, 0.25) is 5.91 Å². The Morgan fingerprint density at radius 2 is 2.12 bits per heavy atom. The van der Waals surface area contributed by atoms with Gasteiger partial charge in [-0.05, 0) is 26.2 Å². The van der Waals surface area contributed by atoms with Crippen molar-refractivity contribution in [2.75, 3.05) is 18.8 Å². The number of likely N-dealkylation sites (tertiary alicyclic amines) is 1. The summed E-state index contributed by atoms with van der Waals surface area (Å²) in [6, 6.07) is -0.345. The minimum absolute atomic E-state index is 0.0869. The van der Waals surface area contributed by atoms with Crippen LogP contribution in [0.15, 0.2) is 6.20 Å². The van der Waals surface area contributed by atoms with E-state index < -0.39 is 0 Å². The average Bonchev–Trinajstić information content (AvgIpc) is 2.69. The van der Waals surface area contributed by atoms with Crippen LogP contribution in [0.2, 0.25) is 5.02 Å². The van der Waals surface area contributed by atoms with Gasteiger partial charge in [-0.2, -0.15) is 5.10 Å². The summed E-state index contributed by atoms with van der Waals surface area (Å²) in [5.74, 6) is 0.355. The largest absolute Gasteiger partial charge is 0.381 e. The van der Waals surface area contributed by atoms with E-state index in [2.05, 4.69) is 5.10 Å². The SMILES string of the molecule is CC(C(=O)N1CCCCC1)n1cc(Cl)c(N)n1. The first-order valence-corrected chi connectivity index (χ1v) is 6.26. The van der Waals surface area contributed by atoms with Gasteiger partial charge in [-0.3, -0.25) is 9.48 Å². The predicted molar refractivity (Wildman–Crippen MR) is 66.8 cm³/mol. The Hall–Kier alpha value is -1.23. The van der Waals surface area contributed by atoms with Crippen LogP contribution < -0.4 is 5.73 Å². The van der Waals surface area contributed by atoms with Crippen molar-refractivity contribution < 1.29 is 4.79 Å². The maximum Gasteiger partial charge on any atom is 0.247 e. The zero-order valence-electron chi connectivity index (χ0n) is 9.90. The molecule has 0 bridgehead atoms. The second-order valence-electron chi connectivity index (χ2n) is 4.40. The van der Waals surface area contributed by atoms with Gasteiger partial charge >= 0.3 is 0 Å². The lowest BCUT2D eigenvalue weighted by Gasteiger charge is -2.29. The quantitative estimate of drug-likeness (QED) is 0.876. The third kappa shape index (κ3) is 2.54. The molecule has 2 heterocycles. The van der Waals surface area contributed by atoms with E-state index in [0.717, 1.165) is 25.9 Å². The van der Waals surface area contributed by atoms with Crippen LogP contribution in [0.4, 0.5) is 5.82 Å². The molecule has 5 nitrogen and oxygen atoms in total. The molecule has 1 aromatic heterocycles. The summed E-state index contributed by atoms with van der Waals surface area (Å²) < 4.78 is 1.54. The normalized spacial score (nSPS) is 18.1. The van der Waals surface area contributed by atoms with Crippen LogP contribution >= 0.6 is 11.6 Å². The molecule has 1 aliphatic rings. The zero-order valence-corrected chi connectivity index (χ0v) is 10.7. The third-order valence-electron chi connectivity index (χ3n) is 3.14. The summed E-state index contributed by atoms with van der Waals surface area (Å²) in [4.78, 5) is 14.1. The number of carbonyl (C=O) groups excluding carboxylic acids is 1. The van der Waals surface area contributed by atoms with E-state index >= 15 is 0 Å². The van der Waals surface area contributed by atoms with Crippen molar-refractivity contribution >= 4 is 23.3 Å². The summed E-state index contributed by atoms with van der Waals surface area (Å²) in [6.07, 6.45) is 4.98. The van der Waals surface area contributed by atoms with E-state index in [1.54, 1.807) is 6.20 Å². The van der Waals surface area contributed by atoms with Crippen molar-refractivity contribution in [3.8, 4) is 0 Å². The van der Waals surface area contributed by atoms with E-state index in [4.69, 9.17) is 17.3 Å².